The molecule has 0 radical (unpaired) electrons. The maximum Gasteiger partial charge on any atom is 0.319 e. The Balaban J connectivity index is 1.84. The number of hydrogen-bond acceptors (Lipinski definition) is 3. The van der Waals surface area contributed by atoms with Gasteiger partial charge >= 0.3 is 12.0 Å². The molecule has 0 aromatic heterocycles. The zero-order chi connectivity index (χ0) is 15.4. The van der Waals surface area contributed by atoms with E-state index in [-0.39, 0.29) is 18.4 Å². The van der Waals surface area contributed by atoms with Gasteiger partial charge < -0.3 is 19.8 Å². The molecule has 0 saturated carbocycles. The van der Waals surface area contributed by atoms with Gasteiger partial charge in [0.05, 0.1) is 0 Å². The fourth-order valence-electron chi connectivity index (χ4n) is 3.50. The van der Waals surface area contributed by atoms with Crippen LogP contribution in [0.5, 0.6) is 0 Å². The quantitative estimate of drug-likeness (QED) is 0.850. The first-order valence-electron chi connectivity index (χ1n) is 7.89. The molecule has 120 valence electrons. The number of carbonyl (C=O) groups is 2. The van der Waals surface area contributed by atoms with Crippen molar-refractivity contribution in [2.75, 3.05) is 40.3 Å². The lowest BCUT2D eigenvalue weighted by Gasteiger charge is -2.36. The van der Waals surface area contributed by atoms with Gasteiger partial charge in [-0.05, 0) is 45.2 Å². The van der Waals surface area contributed by atoms with E-state index in [0.717, 1.165) is 38.9 Å². The molecule has 0 aromatic carbocycles. The van der Waals surface area contributed by atoms with E-state index in [1.165, 1.54) is 6.42 Å². The Bertz CT molecular complexity index is 388. The van der Waals surface area contributed by atoms with Crippen LogP contribution in [0.2, 0.25) is 0 Å². The summed E-state index contributed by atoms with van der Waals surface area (Å²) in [5, 5.41) is 8.90. The Kier molecular flexibility index (Phi) is 5.45. The predicted octanol–water partition coefficient (Wildman–Crippen LogP) is 1.32. The van der Waals surface area contributed by atoms with Crippen LogP contribution in [0.25, 0.3) is 0 Å². The Labute approximate surface area is 126 Å². The van der Waals surface area contributed by atoms with E-state index in [9.17, 15) is 9.59 Å². The number of carboxylic acids is 1. The lowest BCUT2D eigenvalue weighted by atomic mass is 9.95. The van der Waals surface area contributed by atoms with Gasteiger partial charge in [-0.25, -0.2) is 4.79 Å². The fourth-order valence-corrected chi connectivity index (χ4v) is 3.50. The van der Waals surface area contributed by atoms with Crippen LogP contribution in [0.3, 0.4) is 0 Å². The molecule has 2 rings (SSSR count). The molecule has 0 aliphatic carbocycles. The second-order valence-corrected chi connectivity index (χ2v) is 6.49. The molecule has 2 amide bonds. The summed E-state index contributed by atoms with van der Waals surface area (Å²) in [5.74, 6) is -0.669. The SMILES string of the molecule is CN(CC1CCCN1C)C(=O)N1CCCC(CC(=O)O)C1. The molecular formula is C15H27N3O3. The first-order valence-corrected chi connectivity index (χ1v) is 7.89. The summed E-state index contributed by atoms with van der Waals surface area (Å²) < 4.78 is 0. The molecule has 21 heavy (non-hydrogen) atoms. The van der Waals surface area contributed by atoms with Gasteiger partial charge in [-0.2, -0.15) is 0 Å². The maximum absolute atomic E-state index is 12.5. The number of nitrogens with zero attached hydrogens (tertiary/aromatic N) is 3. The summed E-state index contributed by atoms with van der Waals surface area (Å²) in [7, 11) is 3.97. The van der Waals surface area contributed by atoms with Crippen molar-refractivity contribution in [3.63, 3.8) is 0 Å². The number of urea groups is 1. The second-order valence-electron chi connectivity index (χ2n) is 6.49. The average molecular weight is 297 g/mol. The minimum Gasteiger partial charge on any atom is -0.481 e. The van der Waals surface area contributed by atoms with Gasteiger partial charge in [0.2, 0.25) is 0 Å². The third-order valence-electron chi connectivity index (χ3n) is 4.74. The topological polar surface area (TPSA) is 64.1 Å². The van der Waals surface area contributed by atoms with Gasteiger partial charge in [-0.1, -0.05) is 0 Å². The number of carboxylic acid groups (broad SMARTS) is 1. The summed E-state index contributed by atoms with van der Waals surface area (Å²) in [5.41, 5.74) is 0. The second kappa shape index (κ2) is 7.11. The van der Waals surface area contributed by atoms with Crippen LogP contribution in [0.1, 0.15) is 32.1 Å². The smallest absolute Gasteiger partial charge is 0.319 e. The fraction of sp³-hybridized carbons (Fsp3) is 0.867. The van der Waals surface area contributed by atoms with Crippen molar-refractivity contribution < 1.29 is 14.7 Å². The Morgan fingerprint density at radius 2 is 1.95 bits per heavy atom. The van der Waals surface area contributed by atoms with E-state index >= 15 is 0 Å². The highest BCUT2D eigenvalue weighted by Crippen LogP contribution is 2.21. The van der Waals surface area contributed by atoms with Crippen molar-refractivity contribution in [1.29, 1.82) is 0 Å². The molecular weight excluding hydrogens is 270 g/mol. The van der Waals surface area contributed by atoms with Crippen LogP contribution >= 0.6 is 0 Å². The largest absolute Gasteiger partial charge is 0.481 e. The normalized spacial score (nSPS) is 26.9. The minimum atomic E-state index is -0.768. The van der Waals surface area contributed by atoms with Crippen molar-refractivity contribution in [3.05, 3.63) is 0 Å². The standard InChI is InChI=1S/C15H27N3O3/c1-16-7-4-6-13(16)11-17(2)15(21)18-8-3-5-12(10-18)9-14(19)20/h12-13H,3-11H2,1-2H3,(H,19,20). The highest BCUT2D eigenvalue weighted by Gasteiger charge is 2.29. The molecule has 0 aromatic rings. The number of likely N-dealkylation sites (N-methyl/N-ethyl adjacent to an activating group) is 2. The van der Waals surface area contributed by atoms with E-state index in [1.54, 1.807) is 4.90 Å². The summed E-state index contributed by atoms with van der Waals surface area (Å²) in [6.45, 7) is 3.20. The van der Waals surface area contributed by atoms with Crippen molar-refractivity contribution in [2.45, 2.75) is 38.1 Å². The molecule has 1 N–H and O–H groups in total. The summed E-state index contributed by atoms with van der Waals surface area (Å²) in [6, 6.07) is 0.504. The number of hydrogen-bond donors (Lipinski definition) is 1. The minimum absolute atomic E-state index is 0.0467. The third kappa shape index (κ3) is 4.33. The van der Waals surface area contributed by atoms with Crippen LogP contribution < -0.4 is 0 Å². The van der Waals surface area contributed by atoms with Crippen molar-refractivity contribution in [3.8, 4) is 0 Å². The molecule has 2 fully saturated rings. The molecule has 6 nitrogen and oxygen atoms in total. The highest BCUT2D eigenvalue weighted by molar-refractivity contribution is 5.74. The molecule has 2 aliphatic heterocycles. The average Bonchev–Trinajstić information content (AvgIpc) is 2.83. The molecule has 2 atom stereocenters. The lowest BCUT2D eigenvalue weighted by molar-refractivity contribution is -0.138. The van der Waals surface area contributed by atoms with E-state index in [4.69, 9.17) is 5.11 Å². The van der Waals surface area contributed by atoms with Crippen LogP contribution in [-0.4, -0.2) is 78.1 Å². The predicted molar refractivity (Wildman–Crippen MR) is 80.2 cm³/mol. The molecule has 0 spiro atoms. The zero-order valence-electron chi connectivity index (χ0n) is 13.1. The van der Waals surface area contributed by atoms with Gasteiger partial charge in [0.15, 0.2) is 0 Å². The van der Waals surface area contributed by atoms with Crippen molar-refractivity contribution in [1.82, 2.24) is 14.7 Å². The van der Waals surface area contributed by atoms with E-state index < -0.39 is 5.97 Å². The summed E-state index contributed by atoms with van der Waals surface area (Å²) >= 11 is 0. The summed E-state index contributed by atoms with van der Waals surface area (Å²) in [6.07, 6.45) is 4.33. The monoisotopic (exact) mass is 297 g/mol. The van der Waals surface area contributed by atoms with Crippen molar-refractivity contribution >= 4 is 12.0 Å². The molecule has 2 aliphatic rings. The van der Waals surface area contributed by atoms with Crippen LogP contribution in [0, 0.1) is 5.92 Å². The first-order chi connectivity index (χ1) is 9.97. The van der Waals surface area contributed by atoms with Gasteiger partial charge in [0.1, 0.15) is 0 Å². The molecule has 2 saturated heterocycles. The van der Waals surface area contributed by atoms with Crippen LogP contribution in [0.4, 0.5) is 4.79 Å². The van der Waals surface area contributed by atoms with Crippen LogP contribution in [-0.2, 0) is 4.79 Å². The number of rotatable bonds is 4. The van der Waals surface area contributed by atoms with E-state index in [2.05, 4.69) is 11.9 Å². The Morgan fingerprint density at radius 3 is 2.57 bits per heavy atom. The lowest BCUT2D eigenvalue weighted by Crippen LogP contribution is -2.49. The number of amides is 2. The number of likely N-dealkylation sites (tertiary alicyclic amines) is 2. The van der Waals surface area contributed by atoms with Gasteiger partial charge in [-0.15, -0.1) is 0 Å². The van der Waals surface area contributed by atoms with Gasteiger partial charge in [0, 0.05) is 39.1 Å². The van der Waals surface area contributed by atoms with Crippen LogP contribution in [0.15, 0.2) is 0 Å². The number of aliphatic carboxylic acids is 1. The third-order valence-corrected chi connectivity index (χ3v) is 4.74. The first kappa shape index (κ1) is 16.1. The van der Waals surface area contributed by atoms with Crippen molar-refractivity contribution in [2.24, 2.45) is 5.92 Å². The maximum atomic E-state index is 12.5. The molecule has 0 bridgehead atoms. The zero-order valence-corrected chi connectivity index (χ0v) is 13.1. The molecule has 2 unspecified atom stereocenters. The Morgan fingerprint density at radius 1 is 1.24 bits per heavy atom. The highest BCUT2D eigenvalue weighted by atomic mass is 16.4. The van der Waals surface area contributed by atoms with Gasteiger partial charge in [0.25, 0.3) is 0 Å². The van der Waals surface area contributed by atoms with E-state index in [1.807, 2.05) is 11.9 Å². The van der Waals surface area contributed by atoms with E-state index in [0.29, 0.717) is 12.6 Å². The summed E-state index contributed by atoms with van der Waals surface area (Å²) in [4.78, 5) is 29.3. The Hall–Kier alpha value is -1.30. The van der Waals surface area contributed by atoms with Gasteiger partial charge in [-0.3, -0.25) is 4.79 Å². The number of carbonyl (C=O) groups excluding carboxylic acids is 1. The number of piperidine rings is 1. The molecule has 2 heterocycles. The molecule has 6 heteroatoms.